The van der Waals surface area contributed by atoms with Gasteiger partial charge >= 0.3 is 5.97 Å². The highest BCUT2D eigenvalue weighted by Crippen LogP contribution is 2.08. The van der Waals surface area contributed by atoms with Crippen molar-refractivity contribution in [2.45, 2.75) is 0 Å². The fraction of sp³-hybridized carbons (Fsp3) is 0. The Bertz CT molecular complexity index is 357. The van der Waals surface area contributed by atoms with Gasteiger partial charge in [-0.3, -0.25) is 5.43 Å². The predicted octanol–water partition coefficient (Wildman–Crippen LogP) is 1.44. The SMILES string of the molecule is O=C(O)c1ccc(NN=S=S)cc1. The molecule has 0 atom stereocenters. The lowest BCUT2D eigenvalue weighted by Crippen LogP contribution is -1.95. The van der Waals surface area contributed by atoms with E-state index in [1.165, 1.54) is 12.1 Å². The van der Waals surface area contributed by atoms with Crippen molar-refractivity contribution in [1.29, 1.82) is 0 Å². The number of nitrogens with zero attached hydrogens (tertiary/aromatic N) is 1. The Labute approximate surface area is 82.9 Å². The van der Waals surface area contributed by atoms with E-state index in [4.69, 9.17) is 5.11 Å². The van der Waals surface area contributed by atoms with Crippen molar-refractivity contribution in [2.75, 3.05) is 5.43 Å². The molecule has 0 radical (unpaired) electrons. The van der Waals surface area contributed by atoms with Crippen molar-refractivity contribution in [3.63, 3.8) is 0 Å². The van der Waals surface area contributed by atoms with E-state index in [9.17, 15) is 4.79 Å². The number of nitrogens with one attached hydrogen (secondary N) is 1. The van der Waals surface area contributed by atoms with Crippen LogP contribution in [-0.2, 0) is 21.3 Å². The largest absolute Gasteiger partial charge is 0.478 e. The normalized spacial score (nSPS) is 8.92. The molecule has 1 aromatic rings. The standard InChI is InChI=1S/C7H6N2O2S2/c10-7(11)5-1-3-6(4-2-5)8-9-13-12/h1-4,8H,(H,10,11). The summed E-state index contributed by atoms with van der Waals surface area (Å²) in [6.07, 6.45) is 0. The molecule has 6 heteroatoms. The Morgan fingerprint density at radius 2 is 2.08 bits per heavy atom. The molecule has 68 valence electrons. The van der Waals surface area contributed by atoms with E-state index in [1.807, 2.05) is 0 Å². The average Bonchev–Trinajstić information content (AvgIpc) is 2.15. The highest BCUT2D eigenvalue weighted by molar-refractivity contribution is 8.12. The van der Waals surface area contributed by atoms with Gasteiger partial charge in [-0.25, -0.2) is 4.79 Å². The molecule has 0 aliphatic carbocycles. The van der Waals surface area contributed by atoms with Crippen LogP contribution in [0, 0.1) is 0 Å². The smallest absolute Gasteiger partial charge is 0.335 e. The maximum atomic E-state index is 10.5. The summed E-state index contributed by atoms with van der Waals surface area (Å²) in [7, 11) is 0.888. The van der Waals surface area contributed by atoms with E-state index in [-0.39, 0.29) is 5.56 Å². The third-order valence-corrected chi connectivity index (χ3v) is 1.73. The van der Waals surface area contributed by atoms with Crippen LogP contribution in [0.5, 0.6) is 0 Å². The van der Waals surface area contributed by atoms with Crippen LogP contribution in [0.1, 0.15) is 10.4 Å². The lowest BCUT2D eigenvalue weighted by atomic mass is 10.2. The van der Waals surface area contributed by atoms with Gasteiger partial charge in [-0.15, -0.1) is 4.47 Å². The Kier molecular flexibility index (Phi) is 3.53. The highest BCUT2D eigenvalue weighted by atomic mass is 32.8. The minimum absolute atomic E-state index is 0.247. The number of benzene rings is 1. The fourth-order valence-electron chi connectivity index (χ4n) is 0.759. The average molecular weight is 214 g/mol. The zero-order valence-electron chi connectivity index (χ0n) is 6.43. The van der Waals surface area contributed by atoms with E-state index in [2.05, 4.69) is 21.1 Å². The lowest BCUT2D eigenvalue weighted by molar-refractivity contribution is 0.0697. The molecule has 0 fully saturated rings. The number of rotatable bonds is 3. The number of carboxylic acids is 1. The van der Waals surface area contributed by atoms with Gasteiger partial charge in [0.25, 0.3) is 0 Å². The molecule has 0 saturated heterocycles. The summed E-state index contributed by atoms with van der Waals surface area (Å²) in [5.41, 5.74) is 3.61. The van der Waals surface area contributed by atoms with Crippen molar-refractivity contribution < 1.29 is 9.90 Å². The van der Waals surface area contributed by atoms with Crippen LogP contribution in [0.2, 0.25) is 0 Å². The summed E-state index contributed by atoms with van der Waals surface area (Å²) in [5.74, 6) is -0.943. The molecule has 0 amide bonds. The van der Waals surface area contributed by atoms with Crippen molar-refractivity contribution in [3.8, 4) is 0 Å². The first-order valence-corrected chi connectivity index (χ1v) is 5.02. The second-order valence-corrected chi connectivity index (χ2v) is 2.94. The van der Waals surface area contributed by atoms with Gasteiger partial charge in [-0.2, -0.15) is 0 Å². The number of anilines is 1. The second-order valence-electron chi connectivity index (χ2n) is 2.16. The van der Waals surface area contributed by atoms with Crippen LogP contribution in [0.25, 0.3) is 0 Å². The number of carbonyl (C=O) groups is 1. The minimum Gasteiger partial charge on any atom is -0.478 e. The summed E-state index contributed by atoms with van der Waals surface area (Å²) < 4.78 is 3.65. The van der Waals surface area contributed by atoms with E-state index < -0.39 is 5.97 Å². The fourth-order valence-corrected chi connectivity index (χ4v) is 1.01. The third-order valence-electron chi connectivity index (χ3n) is 1.34. The van der Waals surface area contributed by atoms with Gasteiger partial charge in [-0.1, -0.05) is 0 Å². The summed E-state index contributed by atoms with van der Waals surface area (Å²) in [6.45, 7) is 0. The predicted molar refractivity (Wildman–Crippen MR) is 54.2 cm³/mol. The molecule has 0 spiro atoms. The minimum atomic E-state index is -0.943. The molecule has 1 aromatic carbocycles. The third kappa shape index (κ3) is 2.92. The maximum Gasteiger partial charge on any atom is 0.335 e. The molecule has 1 rings (SSSR count). The molecule has 0 aromatic heterocycles. The van der Waals surface area contributed by atoms with Crippen LogP contribution >= 0.6 is 0 Å². The molecule has 0 unspecified atom stereocenters. The molecule has 0 heterocycles. The van der Waals surface area contributed by atoms with E-state index >= 15 is 0 Å². The first-order valence-electron chi connectivity index (χ1n) is 3.32. The van der Waals surface area contributed by atoms with Crippen molar-refractivity contribution >= 4 is 33.0 Å². The molecular weight excluding hydrogens is 208 g/mol. The van der Waals surface area contributed by atoms with Crippen molar-refractivity contribution in [3.05, 3.63) is 29.8 Å². The zero-order chi connectivity index (χ0) is 9.68. The van der Waals surface area contributed by atoms with Gasteiger partial charge < -0.3 is 5.11 Å². The zero-order valence-corrected chi connectivity index (χ0v) is 8.06. The van der Waals surface area contributed by atoms with Crippen molar-refractivity contribution in [1.82, 2.24) is 0 Å². The monoisotopic (exact) mass is 214 g/mol. The Balaban J connectivity index is 2.80. The van der Waals surface area contributed by atoms with Crippen LogP contribution in [0.15, 0.2) is 28.7 Å². The summed E-state index contributed by atoms with van der Waals surface area (Å²) in [5, 5.41) is 8.59. The van der Waals surface area contributed by atoms with Gasteiger partial charge in [0.2, 0.25) is 0 Å². The van der Waals surface area contributed by atoms with E-state index in [0.717, 1.165) is 10.1 Å². The lowest BCUT2D eigenvalue weighted by Gasteiger charge is -1.98. The number of hydrogen-bond acceptors (Lipinski definition) is 3. The van der Waals surface area contributed by atoms with Crippen LogP contribution in [0.4, 0.5) is 5.69 Å². The molecule has 0 aliphatic rings. The van der Waals surface area contributed by atoms with Crippen LogP contribution in [0.3, 0.4) is 0 Å². The Hall–Kier alpha value is -1.27. The first-order chi connectivity index (χ1) is 6.24. The molecule has 0 aliphatic heterocycles. The molecule has 0 saturated carbocycles. The summed E-state index contributed by atoms with van der Waals surface area (Å²) >= 11 is 4.51. The van der Waals surface area contributed by atoms with Crippen LogP contribution < -0.4 is 5.43 Å². The molecule has 2 N–H and O–H groups in total. The number of hydrogen-bond donors (Lipinski definition) is 2. The quantitative estimate of drug-likeness (QED) is 0.747. The number of carboxylic acid groups (broad SMARTS) is 1. The van der Waals surface area contributed by atoms with Crippen LogP contribution in [-0.4, -0.2) is 11.1 Å². The topological polar surface area (TPSA) is 61.7 Å². The van der Waals surface area contributed by atoms with Gasteiger partial charge in [0.15, 0.2) is 0 Å². The summed E-state index contributed by atoms with van der Waals surface area (Å²) in [4.78, 5) is 10.5. The first kappa shape index (κ1) is 9.82. The Morgan fingerprint density at radius 1 is 1.46 bits per heavy atom. The van der Waals surface area contributed by atoms with Gasteiger partial charge in [0.1, 0.15) is 0 Å². The molecule has 4 nitrogen and oxygen atoms in total. The molecular formula is C7H6N2O2S2. The highest BCUT2D eigenvalue weighted by Gasteiger charge is 2.00. The Morgan fingerprint density at radius 3 is 2.54 bits per heavy atom. The number of aromatic carboxylic acids is 1. The van der Waals surface area contributed by atoms with E-state index in [0.29, 0.717) is 5.69 Å². The van der Waals surface area contributed by atoms with Gasteiger partial charge in [0, 0.05) is 11.2 Å². The summed E-state index contributed by atoms with van der Waals surface area (Å²) in [6, 6.07) is 6.24. The second kappa shape index (κ2) is 4.68. The van der Waals surface area contributed by atoms with E-state index in [1.54, 1.807) is 12.1 Å². The van der Waals surface area contributed by atoms with Gasteiger partial charge in [-0.05, 0) is 24.3 Å². The van der Waals surface area contributed by atoms with Gasteiger partial charge in [0.05, 0.1) is 21.4 Å². The van der Waals surface area contributed by atoms with Crippen molar-refractivity contribution in [2.24, 2.45) is 4.47 Å². The molecule has 13 heavy (non-hydrogen) atoms. The maximum absolute atomic E-state index is 10.5. The molecule has 0 bridgehead atoms.